The van der Waals surface area contributed by atoms with Gasteiger partial charge in [-0.1, -0.05) is 41.9 Å². The SMILES string of the molecule is O=S(=O)(c1n[c]cs1)c1c(F)cc(O[C@H]2CCN(Cc3ccccc3)C2)c(Cl)c1F. The molecule has 1 fully saturated rings. The molecular formula is C20H16ClF2N2O3S2. The lowest BCUT2D eigenvalue weighted by atomic mass is 10.2. The number of sulfone groups is 1. The monoisotopic (exact) mass is 469 g/mol. The van der Waals surface area contributed by atoms with E-state index in [1.807, 2.05) is 30.3 Å². The van der Waals surface area contributed by atoms with Crippen LogP contribution in [0, 0.1) is 17.8 Å². The summed E-state index contributed by atoms with van der Waals surface area (Å²) in [6.07, 6.45) is 2.66. The van der Waals surface area contributed by atoms with Gasteiger partial charge in [-0.3, -0.25) is 4.90 Å². The molecule has 30 heavy (non-hydrogen) atoms. The smallest absolute Gasteiger partial charge is 0.239 e. The van der Waals surface area contributed by atoms with E-state index in [1.54, 1.807) is 0 Å². The van der Waals surface area contributed by atoms with Crippen molar-refractivity contribution in [3.8, 4) is 5.75 Å². The van der Waals surface area contributed by atoms with Crippen LogP contribution in [-0.2, 0) is 16.4 Å². The summed E-state index contributed by atoms with van der Waals surface area (Å²) >= 11 is 6.72. The fraction of sp³-hybridized carbons (Fsp3) is 0.250. The van der Waals surface area contributed by atoms with E-state index in [1.165, 1.54) is 5.38 Å². The Labute approximate surface area is 181 Å². The first kappa shape index (κ1) is 21.2. The quantitative estimate of drug-likeness (QED) is 0.502. The van der Waals surface area contributed by atoms with Crippen molar-refractivity contribution < 1.29 is 21.9 Å². The van der Waals surface area contributed by atoms with E-state index in [4.69, 9.17) is 16.3 Å². The van der Waals surface area contributed by atoms with Gasteiger partial charge in [0.15, 0.2) is 5.82 Å². The second-order valence-electron chi connectivity index (χ2n) is 6.81. The van der Waals surface area contributed by atoms with Gasteiger partial charge in [-0.2, -0.15) is 0 Å². The van der Waals surface area contributed by atoms with Crippen molar-refractivity contribution in [2.24, 2.45) is 0 Å². The van der Waals surface area contributed by atoms with Gasteiger partial charge in [-0.05, 0) is 12.0 Å². The predicted molar refractivity (Wildman–Crippen MR) is 109 cm³/mol. The number of aromatic nitrogens is 1. The van der Waals surface area contributed by atoms with Gasteiger partial charge in [0.1, 0.15) is 33.8 Å². The first-order valence-electron chi connectivity index (χ1n) is 9.03. The zero-order chi connectivity index (χ0) is 21.3. The number of benzene rings is 2. The number of hydrogen-bond donors (Lipinski definition) is 0. The average Bonchev–Trinajstić information content (AvgIpc) is 3.39. The zero-order valence-corrected chi connectivity index (χ0v) is 17.9. The van der Waals surface area contributed by atoms with Gasteiger partial charge in [-0.15, -0.1) is 11.3 Å². The van der Waals surface area contributed by atoms with E-state index < -0.39 is 35.7 Å². The van der Waals surface area contributed by atoms with Crippen LogP contribution in [0.15, 0.2) is 51.0 Å². The molecule has 1 aliphatic rings. The number of hydrogen-bond acceptors (Lipinski definition) is 6. The lowest BCUT2D eigenvalue weighted by molar-refractivity contribution is 0.196. The molecule has 0 bridgehead atoms. The molecule has 2 heterocycles. The Bertz CT molecular complexity index is 1140. The van der Waals surface area contributed by atoms with Crippen LogP contribution in [-0.4, -0.2) is 37.5 Å². The number of ether oxygens (including phenoxy) is 1. The van der Waals surface area contributed by atoms with Crippen LogP contribution < -0.4 is 4.74 Å². The zero-order valence-electron chi connectivity index (χ0n) is 15.5. The summed E-state index contributed by atoms with van der Waals surface area (Å²) in [7, 11) is -4.49. The topological polar surface area (TPSA) is 59.5 Å². The van der Waals surface area contributed by atoms with E-state index in [0.717, 1.165) is 24.7 Å². The summed E-state index contributed by atoms with van der Waals surface area (Å²) in [6.45, 7) is 2.05. The molecule has 1 aliphatic heterocycles. The number of halogens is 3. The Morgan fingerprint density at radius 2 is 2.07 bits per heavy atom. The van der Waals surface area contributed by atoms with E-state index in [-0.39, 0.29) is 11.9 Å². The van der Waals surface area contributed by atoms with Gasteiger partial charge in [0.05, 0.1) is 0 Å². The van der Waals surface area contributed by atoms with Crippen molar-refractivity contribution in [2.45, 2.75) is 28.3 Å². The molecule has 1 radical (unpaired) electrons. The summed E-state index contributed by atoms with van der Waals surface area (Å²) in [6, 6.07) is 10.7. The van der Waals surface area contributed by atoms with Gasteiger partial charge in [0.25, 0.3) is 0 Å². The third kappa shape index (κ3) is 4.20. The number of rotatable bonds is 6. The Hall–Kier alpha value is -2.07. The van der Waals surface area contributed by atoms with Crippen LogP contribution >= 0.6 is 22.9 Å². The van der Waals surface area contributed by atoms with Gasteiger partial charge < -0.3 is 4.74 Å². The minimum atomic E-state index is -4.49. The highest BCUT2D eigenvalue weighted by Crippen LogP contribution is 2.37. The summed E-state index contributed by atoms with van der Waals surface area (Å²) in [5.74, 6) is -2.88. The van der Waals surface area contributed by atoms with Crippen molar-refractivity contribution in [3.63, 3.8) is 0 Å². The molecule has 5 nitrogen and oxygen atoms in total. The normalized spacial score (nSPS) is 17.4. The maximum atomic E-state index is 14.8. The molecule has 1 atom stereocenters. The summed E-state index contributed by atoms with van der Waals surface area (Å²) in [5.41, 5.74) is 1.15. The minimum absolute atomic E-state index is 0.220. The Morgan fingerprint density at radius 3 is 2.77 bits per heavy atom. The number of nitrogens with zero attached hydrogens (tertiary/aromatic N) is 2. The third-order valence-corrected chi connectivity index (χ3v) is 8.00. The molecule has 157 valence electrons. The standard InChI is InChI=1S/C20H16ClF2N2O3S2/c21-17-16(28-14-6-8-25(12-14)11-13-4-2-1-3-5-13)10-15(22)19(18(17)23)30(26,27)20-24-7-9-29-20/h1-5,9-10,14H,6,8,11-12H2/t14-/m0/s1. The van der Waals surface area contributed by atoms with Crippen molar-refractivity contribution >= 4 is 32.8 Å². The highest BCUT2D eigenvalue weighted by Gasteiger charge is 2.33. The van der Waals surface area contributed by atoms with E-state index in [0.29, 0.717) is 24.3 Å². The molecule has 0 unspecified atom stereocenters. The lowest BCUT2D eigenvalue weighted by Crippen LogP contribution is -2.24. The van der Waals surface area contributed by atoms with Crippen LogP contribution in [0.5, 0.6) is 5.75 Å². The fourth-order valence-electron chi connectivity index (χ4n) is 3.34. The van der Waals surface area contributed by atoms with E-state index >= 15 is 0 Å². The lowest BCUT2D eigenvalue weighted by Gasteiger charge is -2.18. The summed E-state index contributed by atoms with van der Waals surface area (Å²) in [5, 5.41) is 0.709. The molecule has 0 spiro atoms. The highest BCUT2D eigenvalue weighted by molar-refractivity contribution is 7.93. The Morgan fingerprint density at radius 1 is 1.30 bits per heavy atom. The van der Waals surface area contributed by atoms with E-state index in [2.05, 4.69) is 16.1 Å². The third-order valence-electron chi connectivity index (χ3n) is 4.72. The Kier molecular flexibility index (Phi) is 6.06. The molecule has 1 saturated heterocycles. The van der Waals surface area contributed by atoms with Crippen molar-refractivity contribution in [3.05, 3.63) is 70.2 Å². The second kappa shape index (κ2) is 8.58. The molecular weight excluding hydrogens is 454 g/mol. The maximum Gasteiger partial charge on any atom is 0.239 e. The van der Waals surface area contributed by atoms with Crippen LogP contribution in [0.4, 0.5) is 8.78 Å². The average molecular weight is 470 g/mol. The van der Waals surface area contributed by atoms with Crippen LogP contribution in [0.2, 0.25) is 5.02 Å². The van der Waals surface area contributed by atoms with Gasteiger partial charge >= 0.3 is 0 Å². The second-order valence-corrected chi connectivity index (χ2v) is 10.1. The molecule has 0 saturated carbocycles. The molecule has 10 heteroatoms. The Balaban J connectivity index is 1.52. The highest BCUT2D eigenvalue weighted by atomic mass is 35.5. The van der Waals surface area contributed by atoms with E-state index in [9.17, 15) is 17.2 Å². The van der Waals surface area contributed by atoms with Crippen molar-refractivity contribution in [2.75, 3.05) is 13.1 Å². The van der Waals surface area contributed by atoms with Gasteiger partial charge in [0, 0.05) is 31.1 Å². The van der Waals surface area contributed by atoms with Crippen molar-refractivity contribution in [1.29, 1.82) is 0 Å². The molecule has 4 rings (SSSR count). The van der Waals surface area contributed by atoms with Crippen LogP contribution in [0.25, 0.3) is 0 Å². The molecule has 0 amide bonds. The van der Waals surface area contributed by atoms with Crippen LogP contribution in [0.3, 0.4) is 0 Å². The minimum Gasteiger partial charge on any atom is -0.487 e. The molecule has 0 aliphatic carbocycles. The molecule has 2 aromatic carbocycles. The number of likely N-dealkylation sites (tertiary alicyclic amines) is 1. The molecule has 1 aromatic heterocycles. The molecule has 3 aromatic rings. The number of thiazole rings is 1. The maximum absolute atomic E-state index is 14.8. The fourth-order valence-corrected chi connectivity index (χ4v) is 5.80. The largest absolute Gasteiger partial charge is 0.487 e. The predicted octanol–water partition coefficient (Wildman–Crippen LogP) is 4.36. The summed E-state index contributed by atoms with van der Waals surface area (Å²) < 4.78 is 59.7. The first-order chi connectivity index (χ1) is 14.4. The van der Waals surface area contributed by atoms with Crippen molar-refractivity contribution in [1.82, 2.24) is 9.88 Å². The van der Waals surface area contributed by atoms with Gasteiger partial charge in [0.2, 0.25) is 14.2 Å². The first-order valence-corrected chi connectivity index (χ1v) is 11.8. The van der Waals surface area contributed by atoms with Crippen LogP contribution in [0.1, 0.15) is 12.0 Å². The molecule has 0 N–H and O–H groups in total. The van der Waals surface area contributed by atoms with Gasteiger partial charge in [-0.25, -0.2) is 22.2 Å². The summed E-state index contributed by atoms with van der Waals surface area (Å²) in [4.78, 5) is 4.54.